The van der Waals surface area contributed by atoms with Crippen molar-refractivity contribution in [2.45, 2.75) is 39.3 Å². The second kappa shape index (κ2) is 6.26. The molecule has 3 heteroatoms. The molecule has 0 aliphatic rings. The summed E-state index contributed by atoms with van der Waals surface area (Å²) in [5.41, 5.74) is 0. The van der Waals surface area contributed by atoms with Crippen LogP contribution in [0.4, 0.5) is 0 Å². The Labute approximate surface area is 96.3 Å². The summed E-state index contributed by atoms with van der Waals surface area (Å²) in [4.78, 5) is 1.33. The Morgan fingerprint density at radius 3 is 2.67 bits per heavy atom. The van der Waals surface area contributed by atoms with Crippen molar-refractivity contribution in [3.8, 4) is 0 Å². The first kappa shape index (κ1) is 12.7. The predicted molar refractivity (Wildman–Crippen MR) is 66.2 cm³/mol. The van der Waals surface area contributed by atoms with Gasteiger partial charge < -0.3 is 10.4 Å². The minimum absolute atomic E-state index is 0.201. The van der Waals surface area contributed by atoms with Crippen LogP contribution in [0.2, 0.25) is 0 Å². The molecule has 0 aliphatic carbocycles. The molecule has 0 aliphatic heterocycles. The molecular weight excluding hydrogens is 206 g/mol. The summed E-state index contributed by atoms with van der Waals surface area (Å²) in [6, 6.07) is 4.73. The summed E-state index contributed by atoms with van der Waals surface area (Å²) in [5, 5.41) is 14.9. The molecule has 0 spiro atoms. The summed E-state index contributed by atoms with van der Waals surface area (Å²) in [7, 11) is 0. The molecule has 0 fully saturated rings. The van der Waals surface area contributed by atoms with Crippen molar-refractivity contribution in [2.75, 3.05) is 6.61 Å². The molecule has 1 rings (SSSR count). The van der Waals surface area contributed by atoms with Gasteiger partial charge in [-0.1, -0.05) is 26.3 Å². The molecule has 0 radical (unpaired) electrons. The summed E-state index contributed by atoms with van der Waals surface area (Å²) >= 11 is 1.76. The Morgan fingerprint density at radius 1 is 1.47 bits per heavy atom. The highest BCUT2D eigenvalue weighted by molar-refractivity contribution is 7.10. The number of nitrogens with one attached hydrogen (secondary N) is 1. The number of aliphatic hydroxyl groups excluding tert-OH is 1. The van der Waals surface area contributed by atoms with E-state index < -0.39 is 0 Å². The average molecular weight is 227 g/mol. The fourth-order valence-electron chi connectivity index (χ4n) is 1.62. The van der Waals surface area contributed by atoms with Crippen molar-refractivity contribution in [3.63, 3.8) is 0 Å². The van der Waals surface area contributed by atoms with E-state index in [-0.39, 0.29) is 12.6 Å². The molecule has 0 amide bonds. The van der Waals surface area contributed by atoms with Gasteiger partial charge in [-0.15, -0.1) is 11.3 Å². The molecule has 0 aromatic carbocycles. The number of hydrogen-bond donors (Lipinski definition) is 2. The van der Waals surface area contributed by atoms with Gasteiger partial charge in [-0.25, -0.2) is 0 Å². The summed E-state index contributed by atoms with van der Waals surface area (Å²) in [6.07, 6.45) is 1.09. The van der Waals surface area contributed by atoms with Crippen LogP contribution < -0.4 is 5.32 Å². The number of aliphatic hydroxyl groups is 1. The lowest BCUT2D eigenvalue weighted by Gasteiger charge is -2.25. The largest absolute Gasteiger partial charge is 0.395 e. The monoisotopic (exact) mass is 227 g/mol. The van der Waals surface area contributed by atoms with Crippen LogP contribution in [0.5, 0.6) is 0 Å². The highest BCUT2D eigenvalue weighted by atomic mass is 32.1. The van der Waals surface area contributed by atoms with Gasteiger partial charge in [-0.2, -0.15) is 0 Å². The van der Waals surface area contributed by atoms with Crippen LogP contribution in [0.25, 0.3) is 0 Å². The first-order valence-electron chi connectivity index (χ1n) is 5.59. The molecule has 1 aromatic heterocycles. The van der Waals surface area contributed by atoms with Gasteiger partial charge in [0.05, 0.1) is 6.61 Å². The topological polar surface area (TPSA) is 32.3 Å². The smallest absolute Gasteiger partial charge is 0.0587 e. The second-order valence-electron chi connectivity index (χ2n) is 4.08. The third kappa shape index (κ3) is 3.59. The molecule has 15 heavy (non-hydrogen) atoms. The maximum atomic E-state index is 9.31. The minimum atomic E-state index is 0.201. The van der Waals surface area contributed by atoms with Crippen molar-refractivity contribution >= 4 is 11.3 Å². The van der Waals surface area contributed by atoms with Crippen LogP contribution in [-0.2, 0) is 0 Å². The van der Waals surface area contributed by atoms with Crippen LogP contribution in [-0.4, -0.2) is 17.8 Å². The molecule has 86 valence electrons. The quantitative estimate of drug-likeness (QED) is 0.783. The zero-order valence-electron chi connectivity index (χ0n) is 9.73. The van der Waals surface area contributed by atoms with Gasteiger partial charge in [0.2, 0.25) is 0 Å². The van der Waals surface area contributed by atoms with Gasteiger partial charge in [-0.05, 0) is 24.3 Å². The second-order valence-corrected chi connectivity index (χ2v) is 5.06. The molecule has 0 saturated heterocycles. The predicted octanol–water partition coefficient (Wildman–Crippen LogP) is 2.81. The minimum Gasteiger partial charge on any atom is -0.395 e. The van der Waals surface area contributed by atoms with Crippen LogP contribution in [0.3, 0.4) is 0 Å². The number of hydrogen-bond acceptors (Lipinski definition) is 3. The first-order valence-corrected chi connectivity index (χ1v) is 6.47. The van der Waals surface area contributed by atoms with Crippen molar-refractivity contribution in [1.29, 1.82) is 0 Å². The first-order chi connectivity index (χ1) is 7.19. The Hall–Kier alpha value is -0.380. The molecule has 2 N–H and O–H groups in total. The van der Waals surface area contributed by atoms with Gasteiger partial charge in [0.15, 0.2) is 0 Å². The van der Waals surface area contributed by atoms with Crippen molar-refractivity contribution in [1.82, 2.24) is 5.32 Å². The zero-order valence-corrected chi connectivity index (χ0v) is 10.6. The summed E-state index contributed by atoms with van der Waals surface area (Å²) in [5.74, 6) is 0.511. The number of thiophene rings is 1. The van der Waals surface area contributed by atoms with Crippen molar-refractivity contribution < 1.29 is 5.11 Å². The Bertz CT molecular complexity index is 261. The lowest BCUT2D eigenvalue weighted by atomic mass is 9.99. The lowest BCUT2D eigenvalue weighted by molar-refractivity contribution is 0.193. The molecule has 0 saturated carbocycles. The molecule has 1 aromatic rings. The Kier molecular flexibility index (Phi) is 5.29. The van der Waals surface area contributed by atoms with Crippen LogP contribution >= 0.6 is 11.3 Å². The van der Waals surface area contributed by atoms with Crippen molar-refractivity contribution in [3.05, 3.63) is 22.4 Å². The SMILES string of the molecule is CCC(C)C(CO)NC(C)c1cccs1. The standard InChI is InChI=1S/C12H21NOS/c1-4-9(2)11(8-14)13-10(3)12-6-5-7-15-12/h5-7,9-11,13-14H,4,8H2,1-3H3. The molecule has 0 bridgehead atoms. The normalized spacial score (nSPS) is 17.3. The fourth-order valence-corrected chi connectivity index (χ4v) is 2.37. The van der Waals surface area contributed by atoms with Crippen LogP contribution in [0, 0.1) is 5.92 Å². The van der Waals surface area contributed by atoms with E-state index >= 15 is 0 Å². The molecule has 3 unspecified atom stereocenters. The average Bonchev–Trinajstić information content (AvgIpc) is 2.77. The summed E-state index contributed by atoms with van der Waals surface area (Å²) in [6.45, 7) is 6.70. The molecule has 1 heterocycles. The van der Waals surface area contributed by atoms with E-state index in [0.29, 0.717) is 12.0 Å². The van der Waals surface area contributed by atoms with Gasteiger partial charge in [0.1, 0.15) is 0 Å². The van der Waals surface area contributed by atoms with Crippen LogP contribution in [0.15, 0.2) is 17.5 Å². The van der Waals surface area contributed by atoms with E-state index in [1.165, 1.54) is 4.88 Å². The van der Waals surface area contributed by atoms with E-state index in [0.717, 1.165) is 6.42 Å². The van der Waals surface area contributed by atoms with E-state index in [1.54, 1.807) is 11.3 Å². The highest BCUT2D eigenvalue weighted by Gasteiger charge is 2.17. The van der Waals surface area contributed by atoms with E-state index in [9.17, 15) is 5.11 Å². The lowest BCUT2D eigenvalue weighted by Crippen LogP contribution is -2.39. The van der Waals surface area contributed by atoms with Gasteiger partial charge in [0.25, 0.3) is 0 Å². The third-order valence-corrected chi connectivity index (χ3v) is 4.02. The van der Waals surface area contributed by atoms with Crippen LogP contribution in [0.1, 0.15) is 38.1 Å². The third-order valence-electron chi connectivity index (χ3n) is 2.96. The number of rotatable bonds is 6. The van der Waals surface area contributed by atoms with E-state index in [2.05, 4.69) is 43.6 Å². The van der Waals surface area contributed by atoms with Gasteiger partial charge in [0, 0.05) is 17.0 Å². The van der Waals surface area contributed by atoms with Gasteiger partial charge in [-0.3, -0.25) is 0 Å². The zero-order chi connectivity index (χ0) is 11.3. The maximum absolute atomic E-state index is 9.31. The Balaban J connectivity index is 2.52. The highest BCUT2D eigenvalue weighted by Crippen LogP contribution is 2.20. The van der Waals surface area contributed by atoms with E-state index in [1.807, 2.05) is 0 Å². The maximum Gasteiger partial charge on any atom is 0.0587 e. The van der Waals surface area contributed by atoms with Gasteiger partial charge >= 0.3 is 0 Å². The van der Waals surface area contributed by atoms with Crippen molar-refractivity contribution in [2.24, 2.45) is 5.92 Å². The summed E-state index contributed by atoms with van der Waals surface area (Å²) < 4.78 is 0. The Morgan fingerprint density at radius 2 is 2.20 bits per heavy atom. The molecule has 2 nitrogen and oxygen atoms in total. The molecule has 3 atom stereocenters. The van der Waals surface area contributed by atoms with E-state index in [4.69, 9.17) is 0 Å². The fraction of sp³-hybridized carbons (Fsp3) is 0.667. The molecular formula is C12H21NOS.